The van der Waals surface area contributed by atoms with Gasteiger partial charge in [0.2, 0.25) is 0 Å². The smallest absolute Gasteiger partial charge is 0.253 e. The molecule has 0 radical (unpaired) electrons. The van der Waals surface area contributed by atoms with Crippen LogP contribution in [-0.4, -0.2) is 49.8 Å². The monoisotopic (exact) mass is 357 g/mol. The Morgan fingerprint density at radius 1 is 1.15 bits per heavy atom. The Hall–Kier alpha value is -1.39. The van der Waals surface area contributed by atoms with Gasteiger partial charge in [0, 0.05) is 25.3 Å². The number of benzene rings is 1. The Balaban J connectivity index is 1.28. The highest BCUT2D eigenvalue weighted by Crippen LogP contribution is 2.42. The average molecular weight is 357 g/mol. The van der Waals surface area contributed by atoms with E-state index in [9.17, 15) is 4.79 Å². The van der Waals surface area contributed by atoms with Crippen LogP contribution < -0.4 is 0 Å². The van der Waals surface area contributed by atoms with Crippen LogP contribution >= 0.6 is 0 Å². The minimum Gasteiger partial charge on any atom is -0.378 e. The molecule has 1 aliphatic carbocycles. The van der Waals surface area contributed by atoms with Crippen molar-refractivity contribution in [2.24, 2.45) is 11.3 Å². The number of rotatable bonds is 5. The van der Waals surface area contributed by atoms with E-state index >= 15 is 0 Å². The molecule has 26 heavy (non-hydrogen) atoms. The van der Waals surface area contributed by atoms with E-state index in [-0.39, 0.29) is 17.4 Å². The van der Waals surface area contributed by atoms with E-state index in [2.05, 4.69) is 19.9 Å². The Morgan fingerprint density at radius 3 is 2.50 bits per heavy atom. The van der Waals surface area contributed by atoms with E-state index in [0.717, 1.165) is 74.8 Å². The van der Waals surface area contributed by atoms with E-state index in [1.165, 1.54) is 12.8 Å². The molecule has 1 saturated carbocycles. The number of carbonyl (C=O) groups excluding carboxylic acids is 1. The number of carbonyl (C=O) groups is 1. The van der Waals surface area contributed by atoms with Crippen molar-refractivity contribution in [3.63, 3.8) is 0 Å². The summed E-state index contributed by atoms with van der Waals surface area (Å²) in [7, 11) is 0. The van der Waals surface area contributed by atoms with Crippen LogP contribution in [0.1, 0.15) is 53.6 Å². The van der Waals surface area contributed by atoms with Crippen molar-refractivity contribution in [3.8, 4) is 0 Å². The summed E-state index contributed by atoms with van der Waals surface area (Å²) in [6.45, 7) is 8.26. The normalized spacial score (nSPS) is 25.0. The first kappa shape index (κ1) is 18.0. The first-order valence-electron chi connectivity index (χ1n) is 10.1. The summed E-state index contributed by atoms with van der Waals surface area (Å²) in [5.74, 6) is 0.986. The Labute approximate surface area is 156 Å². The van der Waals surface area contributed by atoms with Crippen LogP contribution in [0.2, 0.25) is 0 Å². The van der Waals surface area contributed by atoms with Gasteiger partial charge in [-0.3, -0.25) is 4.79 Å². The summed E-state index contributed by atoms with van der Waals surface area (Å²) >= 11 is 0. The van der Waals surface area contributed by atoms with Gasteiger partial charge in [-0.05, 0) is 69.4 Å². The molecule has 0 bridgehead atoms. The van der Waals surface area contributed by atoms with Gasteiger partial charge in [0.15, 0.2) is 0 Å². The Bertz CT molecular complexity index is 639. The standard InChI is InChI=1S/C22H31NO3/c1-16-9-17(2)11-19(10-16)21(24)23-7-5-22(6-8-23)12-20(26-15-22)14-25-13-18-3-4-18/h9-11,18,20H,3-8,12-15H2,1-2H3/t20-/m0/s1. The minimum absolute atomic E-state index is 0.176. The van der Waals surface area contributed by atoms with E-state index in [1.54, 1.807) is 0 Å². The van der Waals surface area contributed by atoms with Gasteiger partial charge in [-0.25, -0.2) is 0 Å². The molecular weight excluding hydrogens is 326 g/mol. The molecule has 1 atom stereocenters. The molecule has 2 heterocycles. The second-order valence-electron chi connectivity index (χ2n) is 8.79. The number of likely N-dealkylation sites (tertiary alicyclic amines) is 1. The molecule has 142 valence electrons. The molecule has 1 amide bonds. The van der Waals surface area contributed by atoms with Crippen molar-refractivity contribution in [1.82, 2.24) is 4.90 Å². The maximum atomic E-state index is 12.9. The van der Waals surface area contributed by atoms with Gasteiger partial charge in [-0.15, -0.1) is 0 Å². The van der Waals surface area contributed by atoms with E-state index in [4.69, 9.17) is 9.47 Å². The minimum atomic E-state index is 0.176. The highest BCUT2D eigenvalue weighted by atomic mass is 16.5. The van der Waals surface area contributed by atoms with Crippen molar-refractivity contribution in [2.45, 2.75) is 52.1 Å². The summed E-state index contributed by atoms with van der Waals surface area (Å²) in [4.78, 5) is 14.9. The molecule has 4 rings (SSSR count). The zero-order chi connectivity index (χ0) is 18.1. The largest absolute Gasteiger partial charge is 0.378 e. The number of amides is 1. The number of hydrogen-bond donors (Lipinski definition) is 0. The molecule has 3 fully saturated rings. The molecule has 2 aliphatic heterocycles. The lowest BCUT2D eigenvalue weighted by atomic mass is 9.76. The average Bonchev–Trinajstić information content (AvgIpc) is 3.36. The number of piperidine rings is 1. The molecule has 1 aromatic rings. The van der Waals surface area contributed by atoms with Crippen molar-refractivity contribution >= 4 is 5.91 Å². The van der Waals surface area contributed by atoms with Crippen molar-refractivity contribution < 1.29 is 14.3 Å². The first-order chi connectivity index (χ1) is 12.5. The van der Waals surface area contributed by atoms with E-state index < -0.39 is 0 Å². The molecule has 0 unspecified atom stereocenters. The number of hydrogen-bond acceptors (Lipinski definition) is 3. The van der Waals surface area contributed by atoms with Gasteiger partial charge in [0.1, 0.15) is 0 Å². The lowest BCUT2D eigenvalue weighted by molar-refractivity contribution is 0.00938. The van der Waals surface area contributed by atoms with Gasteiger partial charge in [-0.1, -0.05) is 17.2 Å². The molecule has 4 heteroatoms. The number of nitrogens with zero attached hydrogens (tertiary/aromatic N) is 1. The van der Waals surface area contributed by atoms with E-state index in [1.807, 2.05) is 17.0 Å². The van der Waals surface area contributed by atoms with Crippen molar-refractivity contribution in [2.75, 3.05) is 32.9 Å². The molecule has 0 N–H and O–H groups in total. The third kappa shape index (κ3) is 4.12. The van der Waals surface area contributed by atoms with Crippen LogP contribution in [-0.2, 0) is 9.47 Å². The summed E-state index contributed by atoms with van der Waals surface area (Å²) in [6.07, 6.45) is 6.09. The lowest BCUT2D eigenvalue weighted by Crippen LogP contribution is -2.43. The molecule has 1 aromatic carbocycles. The predicted octanol–water partition coefficient (Wildman–Crippen LogP) is 3.74. The summed E-state index contributed by atoms with van der Waals surface area (Å²) in [5.41, 5.74) is 3.39. The zero-order valence-corrected chi connectivity index (χ0v) is 16.1. The van der Waals surface area contributed by atoms with Crippen LogP contribution in [0.5, 0.6) is 0 Å². The third-order valence-electron chi connectivity index (χ3n) is 6.22. The molecular formula is C22H31NO3. The van der Waals surface area contributed by atoms with Crippen molar-refractivity contribution in [3.05, 3.63) is 34.9 Å². The topological polar surface area (TPSA) is 38.8 Å². The first-order valence-corrected chi connectivity index (χ1v) is 10.1. The van der Waals surface area contributed by atoms with Crippen LogP contribution in [0.4, 0.5) is 0 Å². The fourth-order valence-corrected chi connectivity index (χ4v) is 4.47. The number of aryl methyl sites for hydroxylation is 2. The summed E-state index contributed by atoms with van der Waals surface area (Å²) in [6, 6.07) is 6.13. The SMILES string of the molecule is Cc1cc(C)cc(C(=O)N2CCC3(CC2)CO[C@H](COCC2CC2)C3)c1. The fraction of sp³-hybridized carbons (Fsp3) is 0.682. The van der Waals surface area contributed by atoms with Crippen molar-refractivity contribution in [1.29, 1.82) is 0 Å². The van der Waals surface area contributed by atoms with Gasteiger partial charge in [0.25, 0.3) is 5.91 Å². The Kier molecular flexibility index (Phi) is 5.07. The molecule has 2 saturated heterocycles. The molecule has 0 aromatic heterocycles. The van der Waals surface area contributed by atoms with Gasteiger partial charge < -0.3 is 14.4 Å². The summed E-state index contributed by atoms with van der Waals surface area (Å²) in [5, 5.41) is 0. The second kappa shape index (κ2) is 7.32. The summed E-state index contributed by atoms with van der Waals surface area (Å²) < 4.78 is 11.9. The second-order valence-corrected chi connectivity index (χ2v) is 8.79. The van der Waals surface area contributed by atoms with Crippen LogP contribution in [0.3, 0.4) is 0 Å². The van der Waals surface area contributed by atoms with Crippen LogP contribution in [0.25, 0.3) is 0 Å². The van der Waals surface area contributed by atoms with E-state index in [0.29, 0.717) is 0 Å². The zero-order valence-electron chi connectivity index (χ0n) is 16.1. The third-order valence-corrected chi connectivity index (χ3v) is 6.22. The number of ether oxygens (including phenoxy) is 2. The highest BCUT2D eigenvalue weighted by molar-refractivity contribution is 5.94. The van der Waals surface area contributed by atoms with Gasteiger partial charge in [0.05, 0.1) is 19.3 Å². The highest BCUT2D eigenvalue weighted by Gasteiger charge is 2.43. The van der Waals surface area contributed by atoms with Gasteiger partial charge >= 0.3 is 0 Å². The molecule has 3 aliphatic rings. The lowest BCUT2D eigenvalue weighted by Gasteiger charge is -2.38. The van der Waals surface area contributed by atoms with Crippen LogP contribution in [0, 0.1) is 25.2 Å². The molecule has 1 spiro atoms. The molecule has 4 nitrogen and oxygen atoms in total. The fourth-order valence-electron chi connectivity index (χ4n) is 4.47. The quantitative estimate of drug-likeness (QED) is 0.806. The van der Waals surface area contributed by atoms with Gasteiger partial charge in [-0.2, -0.15) is 0 Å². The Morgan fingerprint density at radius 2 is 1.85 bits per heavy atom. The predicted molar refractivity (Wildman–Crippen MR) is 101 cm³/mol. The maximum Gasteiger partial charge on any atom is 0.253 e. The maximum absolute atomic E-state index is 12.9. The van der Waals surface area contributed by atoms with Crippen LogP contribution in [0.15, 0.2) is 18.2 Å².